The van der Waals surface area contributed by atoms with Crippen LogP contribution < -0.4 is 5.32 Å². The number of azide groups is 1. The standard InChI is InChI=1S/C38H40N4O12/c1-21(51-37-33(41-42-39)35(53-24(4)45)34(52-23(3)44)31(54-37)20-48-22(2)43)32(36(46)49-18-25-12-6-5-7-13-25)40-38(47)50-19-30-28-16-10-8-14-26(28)27-15-9-11-17-29(27)30/h5-17,21,30-35,37H,18-20H2,1-4H3,(H,40,47)/t21-,31-,32+,33-,34+,35-,37?/m1/s1. The maximum atomic E-state index is 13.7. The number of fused-ring (bicyclic) bond motifs is 3. The summed E-state index contributed by atoms with van der Waals surface area (Å²) in [7, 11) is 0. The minimum atomic E-state index is -1.60. The van der Waals surface area contributed by atoms with E-state index in [-0.39, 0.29) is 19.1 Å². The SMILES string of the molecule is CC(=O)OC[C@H]1OC(O[C@H](C)[C@H](NC(=O)OCC2c3ccccc3-c3ccccc32)C(=O)OCc2ccccc2)[C@H](N=[N+]=[N-])[C@@H](OC(C)=O)[C@H]1OC(C)=O. The van der Waals surface area contributed by atoms with Crippen LogP contribution in [0.15, 0.2) is 84.0 Å². The molecule has 16 nitrogen and oxygen atoms in total. The first kappa shape index (κ1) is 39.3. The van der Waals surface area contributed by atoms with Crippen molar-refractivity contribution in [2.45, 2.75) is 83.0 Å². The summed E-state index contributed by atoms with van der Waals surface area (Å²) in [6.07, 6.45) is -8.00. The number of nitrogens with one attached hydrogen (secondary N) is 1. The number of ether oxygens (including phenoxy) is 7. The number of alkyl carbamates (subject to hydrolysis) is 1. The number of hydrogen-bond acceptors (Lipinski definition) is 13. The van der Waals surface area contributed by atoms with Gasteiger partial charge in [0.25, 0.3) is 0 Å². The molecule has 54 heavy (non-hydrogen) atoms. The number of nitrogens with zero attached hydrogens (tertiary/aromatic N) is 3. The molecule has 0 spiro atoms. The summed E-state index contributed by atoms with van der Waals surface area (Å²) in [6, 6.07) is 21.4. The lowest BCUT2D eigenvalue weighted by atomic mass is 9.96. The van der Waals surface area contributed by atoms with Crippen molar-refractivity contribution in [2.75, 3.05) is 13.2 Å². The average Bonchev–Trinajstić information content (AvgIpc) is 3.47. The average molecular weight is 745 g/mol. The van der Waals surface area contributed by atoms with Gasteiger partial charge in [0.15, 0.2) is 24.5 Å². The minimum Gasteiger partial charge on any atom is -0.463 e. The summed E-state index contributed by atoms with van der Waals surface area (Å²) in [4.78, 5) is 66.0. The van der Waals surface area contributed by atoms with Crippen molar-refractivity contribution in [3.05, 3.63) is 106 Å². The molecule has 2 aliphatic rings. The van der Waals surface area contributed by atoms with Gasteiger partial charge in [-0.2, -0.15) is 0 Å². The van der Waals surface area contributed by atoms with Gasteiger partial charge in [0.2, 0.25) is 0 Å². The number of benzene rings is 3. The molecule has 1 N–H and O–H groups in total. The van der Waals surface area contributed by atoms with Crippen molar-refractivity contribution in [3.63, 3.8) is 0 Å². The number of rotatable bonds is 14. The van der Waals surface area contributed by atoms with Crippen molar-refractivity contribution in [1.82, 2.24) is 5.32 Å². The Morgan fingerprint density at radius 3 is 1.96 bits per heavy atom. The molecule has 1 unspecified atom stereocenters. The van der Waals surface area contributed by atoms with Gasteiger partial charge < -0.3 is 38.5 Å². The molecule has 5 rings (SSSR count). The first-order valence-electron chi connectivity index (χ1n) is 17.1. The van der Waals surface area contributed by atoms with Gasteiger partial charge >= 0.3 is 30.0 Å². The smallest absolute Gasteiger partial charge is 0.407 e. The third kappa shape index (κ3) is 9.72. The molecule has 284 valence electrons. The molecule has 16 heteroatoms. The van der Waals surface area contributed by atoms with Crippen LogP contribution in [0.4, 0.5) is 4.79 Å². The quantitative estimate of drug-likeness (QED) is 0.0770. The van der Waals surface area contributed by atoms with Crippen LogP contribution in [0.3, 0.4) is 0 Å². The second-order valence-electron chi connectivity index (χ2n) is 12.6. The van der Waals surface area contributed by atoms with E-state index in [1.165, 1.54) is 6.92 Å². The van der Waals surface area contributed by atoms with E-state index in [1.807, 2.05) is 48.5 Å². The maximum absolute atomic E-state index is 13.7. The zero-order valence-corrected chi connectivity index (χ0v) is 30.0. The fourth-order valence-electron chi connectivity index (χ4n) is 6.42. The van der Waals surface area contributed by atoms with Crippen LogP contribution in [0, 0.1) is 0 Å². The summed E-state index contributed by atoms with van der Waals surface area (Å²) in [5.41, 5.74) is 14.2. The van der Waals surface area contributed by atoms with Crippen LogP contribution >= 0.6 is 0 Å². The zero-order valence-electron chi connectivity index (χ0n) is 30.0. The topological polar surface area (TPSA) is 211 Å². The number of carbonyl (C=O) groups is 5. The van der Waals surface area contributed by atoms with Gasteiger partial charge in [0.1, 0.15) is 32.0 Å². The van der Waals surface area contributed by atoms with Crippen LogP contribution in [0.25, 0.3) is 21.6 Å². The predicted molar refractivity (Wildman–Crippen MR) is 188 cm³/mol. The van der Waals surface area contributed by atoms with Gasteiger partial charge in [-0.3, -0.25) is 14.4 Å². The zero-order chi connectivity index (χ0) is 38.8. The van der Waals surface area contributed by atoms with Crippen molar-refractivity contribution in [3.8, 4) is 11.1 Å². The fourth-order valence-corrected chi connectivity index (χ4v) is 6.42. The Balaban J connectivity index is 1.38. The molecular formula is C38H40N4O12. The van der Waals surface area contributed by atoms with Crippen LogP contribution in [-0.4, -0.2) is 86.0 Å². The molecule has 1 aliphatic heterocycles. The molecule has 3 aromatic carbocycles. The molecule has 1 heterocycles. The van der Waals surface area contributed by atoms with E-state index in [4.69, 9.17) is 33.2 Å². The highest BCUT2D eigenvalue weighted by molar-refractivity contribution is 5.82. The van der Waals surface area contributed by atoms with E-state index in [2.05, 4.69) is 15.3 Å². The Kier molecular flexibility index (Phi) is 13.2. The van der Waals surface area contributed by atoms with E-state index in [0.29, 0.717) is 5.56 Å². The summed E-state index contributed by atoms with van der Waals surface area (Å²) in [6.45, 7) is 4.08. The Morgan fingerprint density at radius 1 is 0.778 bits per heavy atom. The molecule has 3 aromatic rings. The third-order valence-corrected chi connectivity index (χ3v) is 8.77. The van der Waals surface area contributed by atoms with Gasteiger partial charge in [-0.25, -0.2) is 9.59 Å². The second-order valence-corrected chi connectivity index (χ2v) is 12.6. The monoisotopic (exact) mass is 744 g/mol. The lowest BCUT2D eigenvalue weighted by Crippen LogP contribution is -2.62. The fraction of sp³-hybridized carbons (Fsp3) is 0.395. The first-order chi connectivity index (χ1) is 26.0. The highest BCUT2D eigenvalue weighted by atomic mass is 16.7. The number of carbonyl (C=O) groups excluding carboxylic acids is 5. The normalized spacial score (nSPS) is 21.1. The van der Waals surface area contributed by atoms with E-state index in [0.717, 1.165) is 43.0 Å². The van der Waals surface area contributed by atoms with Gasteiger partial charge in [0.05, 0.1) is 6.10 Å². The van der Waals surface area contributed by atoms with E-state index in [1.54, 1.807) is 30.3 Å². The van der Waals surface area contributed by atoms with Crippen molar-refractivity contribution >= 4 is 30.0 Å². The molecule has 1 aliphatic carbocycles. The van der Waals surface area contributed by atoms with Gasteiger partial charge in [-0.05, 0) is 40.3 Å². The first-order valence-corrected chi connectivity index (χ1v) is 17.1. The molecule has 0 radical (unpaired) electrons. The lowest BCUT2D eigenvalue weighted by Gasteiger charge is -2.44. The van der Waals surface area contributed by atoms with Crippen molar-refractivity contribution in [2.24, 2.45) is 5.11 Å². The molecule has 1 fully saturated rings. The second kappa shape index (κ2) is 18.2. The predicted octanol–water partition coefficient (Wildman–Crippen LogP) is 4.87. The number of esters is 4. The van der Waals surface area contributed by atoms with Crippen molar-refractivity contribution < 1.29 is 57.1 Å². The Hall–Kier alpha value is -5.96. The molecule has 1 amide bonds. The van der Waals surface area contributed by atoms with Crippen LogP contribution in [-0.2, 0) is 58.9 Å². The molecule has 0 aromatic heterocycles. The molecule has 0 bridgehead atoms. The molecule has 1 saturated heterocycles. The van der Waals surface area contributed by atoms with Gasteiger partial charge in [-0.15, -0.1) is 0 Å². The summed E-state index contributed by atoms with van der Waals surface area (Å²) >= 11 is 0. The molecular weight excluding hydrogens is 704 g/mol. The van der Waals surface area contributed by atoms with Crippen LogP contribution in [0.1, 0.15) is 50.3 Å². The highest BCUT2D eigenvalue weighted by Crippen LogP contribution is 2.44. The van der Waals surface area contributed by atoms with Gasteiger partial charge in [0, 0.05) is 31.6 Å². The van der Waals surface area contributed by atoms with Crippen LogP contribution in [0.5, 0.6) is 0 Å². The van der Waals surface area contributed by atoms with E-state index in [9.17, 15) is 29.5 Å². The van der Waals surface area contributed by atoms with E-state index < -0.39 is 79.4 Å². The molecule has 0 saturated carbocycles. The number of hydrogen-bond donors (Lipinski definition) is 1. The highest BCUT2D eigenvalue weighted by Gasteiger charge is 2.51. The summed E-state index contributed by atoms with van der Waals surface area (Å²) < 4.78 is 39.4. The van der Waals surface area contributed by atoms with E-state index >= 15 is 0 Å². The Morgan fingerprint density at radius 2 is 1.37 bits per heavy atom. The molecule has 7 atom stereocenters. The maximum Gasteiger partial charge on any atom is 0.407 e. The number of amides is 1. The Bertz CT molecular complexity index is 1840. The lowest BCUT2D eigenvalue weighted by molar-refractivity contribution is -0.284. The van der Waals surface area contributed by atoms with Crippen LogP contribution in [0.2, 0.25) is 0 Å². The third-order valence-electron chi connectivity index (χ3n) is 8.77. The summed E-state index contributed by atoms with van der Waals surface area (Å²) in [5.74, 6) is -3.48. The largest absolute Gasteiger partial charge is 0.463 e. The summed E-state index contributed by atoms with van der Waals surface area (Å²) in [5, 5.41) is 6.26. The minimum absolute atomic E-state index is 0.0506. The van der Waals surface area contributed by atoms with Gasteiger partial charge in [-0.1, -0.05) is 84.0 Å². The Labute approximate surface area is 310 Å². The van der Waals surface area contributed by atoms with Crippen molar-refractivity contribution in [1.29, 1.82) is 0 Å².